The molecule has 2 rings (SSSR count). The molecule has 1 aromatic carbocycles. The fourth-order valence-electron chi connectivity index (χ4n) is 2.19. The summed E-state index contributed by atoms with van der Waals surface area (Å²) in [5.74, 6) is -3.54. The van der Waals surface area contributed by atoms with Gasteiger partial charge in [-0.2, -0.15) is 13.2 Å². The molecule has 0 saturated carbocycles. The van der Waals surface area contributed by atoms with Crippen LogP contribution in [0.4, 0.5) is 18.9 Å². The molecular weight excluding hydrogens is 351 g/mol. The highest BCUT2D eigenvalue weighted by Crippen LogP contribution is 2.29. The first kappa shape index (κ1) is 18.0. The Morgan fingerprint density at radius 1 is 1.21 bits per heavy atom. The number of carbonyl (C=O) groups excluding carboxylic acids is 2. The van der Waals surface area contributed by atoms with Crippen LogP contribution in [0.15, 0.2) is 35.7 Å². The third-order valence-electron chi connectivity index (χ3n) is 3.27. The van der Waals surface area contributed by atoms with Gasteiger partial charge in [-0.3, -0.25) is 9.69 Å². The number of hydrogen-bond donors (Lipinski definition) is 0. The number of carbonyl (C=O) groups is 2. The minimum Gasteiger partial charge on any atom is -0.465 e. The minimum atomic E-state index is -5.18. The third kappa shape index (κ3) is 3.75. The van der Waals surface area contributed by atoms with Crippen molar-refractivity contribution in [3.05, 3.63) is 41.3 Å². The van der Waals surface area contributed by atoms with Gasteiger partial charge in [-0.1, -0.05) is 0 Å². The highest BCUT2D eigenvalue weighted by molar-refractivity contribution is 7.94. The van der Waals surface area contributed by atoms with E-state index in [9.17, 15) is 31.2 Å². The van der Waals surface area contributed by atoms with Gasteiger partial charge >= 0.3 is 18.1 Å². The number of ether oxygens (including phenoxy) is 1. The van der Waals surface area contributed by atoms with Gasteiger partial charge in [-0.05, 0) is 30.3 Å². The van der Waals surface area contributed by atoms with Crippen LogP contribution in [0.25, 0.3) is 0 Å². The van der Waals surface area contributed by atoms with E-state index in [4.69, 9.17) is 0 Å². The first-order valence-electron chi connectivity index (χ1n) is 6.55. The molecule has 0 aromatic heterocycles. The lowest BCUT2D eigenvalue weighted by molar-refractivity contribution is -0.170. The van der Waals surface area contributed by atoms with E-state index in [-0.39, 0.29) is 11.3 Å². The summed E-state index contributed by atoms with van der Waals surface area (Å²) in [6, 6.07) is 3.33. The summed E-state index contributed by atoms with van der Waals surface area (Å²) in [4.78, 5) is 23.4. The molecule has 24 heavy (non-hydrogen) atoms. The first-order chi connectivity index (χ1) is 11.0. The van der Waals surface area contributed by atoms with Gasteiger partial charge in [0.15, 0.2) is 9.84 Å². The van der Waals surface area contributed by atoms with Crippen molar-refractivity contribution in [1.29, 1.82) is 0 Å². The highest BCUT2D eigenvalue weighted by atomic mass is 32.2. The zero-order valence-electron chi connectivity index (χ0n) is 12.3. The molecular formula is C14H12F3NO5S. The number of esters is 1. The van der Waals surface area contributed by atoms with Crippen LogP contribution in [0, 0.1) is 0 Å². The molecule has 10 heteroatoms. The van der Waals surface area contributed by atoms with Crippen LogP contribution in [0.5, 0.6) is 0 Å². The topological polar surface area (TPSA) is 80.8 Å². The second-order valence-electron chi connectivity index (χ2n) is 4.94. The summed E-state index contributed by atoms with van der Waals surface area (Å²) in [6.45, 7) is 0. The number of halogens is 3. The number of anilines is 1. The third-order valence-corrected chi connectivity index (χ3v) is 4.65. The molecule has 1 heterocycles. The van der Waals surface area contributed by atoms with E-state index in [2.05, 4.69) is 4.74 Å². The van der Waals surface area contributed by atoms with E-state index in [1.165, 1.54) is 12.1 Å². The van der Waals surface area contributed by atoms with Crippen LogP contribution >= 0.6 is 0 Å². The number of nitrogens with zero attached hydrogens (tertiary/aromatic N) is 1. The minimum absolute atomic E-state index is 0.0789. The maximum Gasteiger partial charge on any atom is 0.471 e. The molecule has 6 nitrogen and oxygen atoms in total. The number of amides is 1. The van der Waals surface area contributed by atoms with Crippen molar-refractivity contribution in [2.75, 3.05) is 17.8 Å². The second-order valence-corrected chi connectivity index (χ2v) is 6.87. The predicted molar refractivity (Wildman–Crippen MR) is 78.0 cm³/mol. The lowest BCUT2D eigenvalue weighted by Gasteiger charge is -2.28. The fourth-order valence-corrected chi connectivity index (χ4v) is 3.46. The SMILES string of the molecule is COC(=O)c1ccc(N(C(=O)C(F)(F)F)C2C=CS(=O)(=O)C2)cc1. The van der Waals surface area contributed by atoms with Gasteiger partial charge < -0.3 is 4.74 Å². The molecule has 0 aliphatic carbocycles. The highest BCUT2D eigenvalue weighted by Gasteiger charge is 2.46. The van der Waals surface area contributed by atoms with Gasteiger partial charge in [0.25, 0.3) is 0 Å². The molecule has 1 amide bonds. The van der Waals surface area contributed by atoms with Crippen LogP contribution in [0.3, 0.4) is 0 Å². The van der Waals surface area contributed by atoms with Crippen LogP contribution < -0.4 is 4.90 Å². The predicted octanol–water partition coefficient (Wildman–Crippen LogP) is 1.68. The van der Waals surface area contributed by atoms with Crippen molar-refractivity contribution >= 4 is 27.4 Å². The maximum absolute atomic E-state index is 12.9. The summed E-state index contributed by atoms with van der Waals surface area (Å²) >= 11 is 0. The van der Waals surface area contributed by atoms with E-state index >= 15 is 0 Å². The standard InChI is InChI=1S/C14H12F3NO5S/c1-23-12(19)9-2-4-10(5-3-9)18(13(20)14(15,16)17)11-6-7-24(21,22)8-11/h2-7,11H,8H2,1H3. The van der Waals surface area contributed by atoms with Crippen molar-refractivity contribution in [2.24, 2.45) is 0 Å². The van der Waals surface area contributed by atoms with Crippen LogP contribution in [-0.4, -0.2) is 45.4 Å². The van der Waals surface area contributed by atoms with Gasteiger partial charge in [-0.15, -0.1) is 0 Å². The lowest BCUT2D eigenvalue weighted by Crippen LogP contribution is -2.47. The molecule has 0 N–H and O–H groups in total. The van der Waals surface area contributed by atoms with Crippen molar-refractivity contribution in [1.82, 2.24) is 0 Å². The van der Waals surface area contributed by atoms with Crippen LogP contribution in [0.1, 0.15) is 10.4 Å². The van der Waals surface area contributed by atoms with E-state index in [0.717, 1.165) is 30.7 Å². The monoisotopic (exact) mass is 363 g/mol. The van der Waals surface area contributed by atoms with Crippen LogP contribution in [-0.2, 0) is 19.4 Å². The van der Waals surface area contributed by atoms with Crippen molar-refractivity contribution in [3.63, 3.8) is 0 Å². The summed E-state index contributed by atoms with van der Waals surface area (Å²) in [7, 11) is -2.53. The van der Waals surface area contributed by atoms with E-state index < -0.39 is 39.7 Å². The van der Waals surface area contributed by atoms with Gasteiger partial charge in [0.1, 0.15) is 0 Å². The molecule has 1 aliphatic rings. The number of benzene rings is 1. The average Bonchev–Trinajstić information content (AvgIpc) is 2.86. The second kappa shape index (κ2) is 6.27. The zero-order valence-corrected chi connectivity index (χ0v) is 13.1. The number of methoxy groups -OCH3 is 1. The maximum atomic E-state index is 12.9. The number of alkyl halides is 3. The summed E-state index contributed by atoms with van der Waals surface area (Å²) in [6.07, 6.45) is -4.16. The smallest absolute Gasteiger partial charge is 0.465 e. The first-order valence-corrected chi connectivity index (χ1v) is 8.26. The fraction of sp³-hybridized carbons (Fsp3) is 0.286. The summed E-state index contributed by atoms with van der Waals surface area (Å²) < 4.78 is 66.0. The van der Waals surface area contributed by atoms with E-state index in [0.29, 0.717) is 4.90 Å². The quantitative estimate of drug-likeness (QED) is 0.764. The normalized spacial score (nSPS) is 19.1. The summed E-state index contributed by atoms with van der Waals surface area (Å²) in [5.41, 5.74) is -0.105. The Hall–Kier alpha value is -2.36. The number of hydrogen-bond acceptors (Lipinski definition) is 5. The lowest BCUT2D eigenvalue weighted by atomic mass is 10.1. The van der Waals surface area contributed by atoms with E-state index in [1.54, 1.807) is 0 Å². The summed E-state index contributed by atoms with van der Waals surface area (Å²) in [5, 5.41) is 0.775. The molecule has 0 radical (unpaired) electrons. The molecule has 130 valence electrons. The molecule has 1 aromatic rings. The van der Waals surface area contributed by atoms with Gasteiger partial charge in [0.05, 0.1) is 24.5 Å². The molecule has 0 bridgehead atoms. The van der Waals surface area contributed by atoms with Crippen molar-refractivity contribution in [3.8, 4) is 0 Å². The molecule has 1 aliphatic heterocycles. The molecule has 1 atom stereocenters. The number of rotatable bonds is 3. The Labute approximate surface area is 135 Å². The van der Waals surface area contributed by atoms with Gasteiger partial charge in [0.2, 0.25) is 0 Å². The van der Waals surface area contributed by atoms with Gasteiger partial charge in [-0.25, -0.2) is 13.2 Å². The molecule has 0 spiro atoms. The Morgan fingerprint density at radius 2 is 1.79 bits per heavy atom. The van der Waals surface area contributed by atoms with Crippen molar-refractivity contribution in [2.45, 2.75) is 12.2 Å². The largest absolute Gasteiger partial charge is 0.471 e. The number of sulfone groups is 1. The molecule has 0 saturated heterocycles. The Morgan fingerprint density at radius 3 is 2.21 bits per heavy atom. The van der Waals surface area contributed by atoms with Crippen molar-refractivity contribution < 1.29 is 35.9 Å². The average molecular weight is 363 g/mol. The Bertz CT molecular complexity index is 784. The van der Waals surface area contributed by atoms with Gasteiger partial charge in [0, 0.05) is 11.1 Å². The Kier molecular flexibility index (Phi) is 4.70. The molecule has 0 fully saturated rings. The molecule has 1 unspecified atom stereocenters. The van der Waals surface area contributed by atoms with Crippen LogP contribution in [0.2, 0.25) is 0 Å². The Balaban J connectivity index is 2.42. The van der Waals surface area contributed by atoms with E-state index in [1.807, 2.05) is 0 Å². The zero-order chi connectivity index (χ0) is 18.1.